The molecule has 0 unspecified atom stereocenters. The van der Waals surface area contributed by atoms with Gasteiger partial charge >= 0.3 is 113 Å². The fourth-order valence-electron chi connectivity index (χ4n) is 13.2. The average molecular weight is 1370 g/mol. The second kappa shape index (κ2) is 36.4. The first-order chi connectivity index (χ1) is 49.5. The number of benzene rings is 14. The van der Waals surface area contributed by atoms with Gasteiger partial charge in [0.05, 0.1) is 35.8 Å². The molecular weight excluding hydrogens is 1310 g/mol. The molecular formula is C90H52Li6O12. The summed E-state index contributed by atoms with van der Waals surface area (Å²) < 4.78 is 0. The number of carboxylic acid groups (broad SMARTS) is 6. The molecule has 0 N–H and O–H groups in total. The van der Waals surface area contributed by atoms with Gasteiger partial charge in [-0.3, -0.25) is 0 Å². The van der Waals surface area contributed by atoms with Crippen LogP contribution in [0.3, 0.4) is 0 Å². The summed E-state index contributed by atoms with van der Waals surface area (Å²) in [6.45, 7) is 0. The van der Waals surface area contributed by atoms with Crippen LogP contribution in [0.5, 0.6) is 0 Å². The van der Waals surface area contributed by atoms with Crippen molar-refractivity contribution in [1.29, 1.82) is 0 Å². The average Bonchev–Trinajstić information content (AvgIpc) is 0.786. The van der Waals surface area contributed by atoms with Crippen LogP contribution in [0.15, 0.2) is 315 Å². The molecule has 0 aliphatic carbocycles. The minimum atomic E-state index is -1.52. The maximum atomic E-state index is 12.9. The molecule has 0 fully saturated rings. The molecule has 0 bridgehead atoms. The summed E-state index contributed by atoms with van der Waals surface area (Å²) in [5.74, 6) is -8.94. The molecule has 0 radical (unpaired) electrons. The van der Waals surface area contributed by atoms with Gasteiger partial charge in [-0.15, -0.1) is 0 Å². The topological polar surface area (TPSA) is 241 Å². The summed E-state index contributed by atoms with van der Waals surface area (Å²) in [6, 6.07) is 93.0. The third-order valence-electron chi connectivity index (χ3n) is 18.5. The van der Waals surface area contributed by atoms with E-state index < -0.39 is 35.8 Å². The van der Waals surface area contributed by atoms with E-state index in [4.69, 9.17) is 0 Å². The van der Waals surface area contributed by atoms with Crippen molar-refractivity contribution in [2.24, 2.45) is 0 Å². The van der Waals surface area contributed by atoms with E-state index in [0.717, 1.165) is 55.6 Å². The smallest absolute Gasteiger partial charge is 0.545 e. The second-order valence-electron chi connectivity index (χ2n) is 24.5. The van der Waals surface area contributed by atoms with Gasteiger partial charge in [0.25, 0.3) is 0 Å². The molecule has 0 spiro atoms. The van der Waals surface area contributed by atoms with Crippen molar-refractivity contribution in [3.63, 3.8) is 0 Å². The van der Waals surface area contributed by atoms with Crippen molar-refractivity contribution in [1.82, 2.24) is 0 Å². The fourth-order valence-corrected chi connectivity index (χ4v) is 13.2. The van der Waals surface area contributed by atoms with Gasteiger partial charge in [0.2, 0.25) is 0 Å². The molecule has 0 amide bonds. The van der Waals surface area contributed by atoms with Crippen LogP contribution < -0.4 is 144 Å². The molecule has 14 aromatic carbocycles. The van der Waals surface area contributed by atoms with Gasteiger partial charge in [-0.05, 0) is 181 Å². The van der Waals surface area contributed by atoms with Crippen LogP contribution in [0.2, 0.25) is 0 Å². The molecule has 12 nitrogen and oxygen atoms in total. The molecule has 0 aromatic heterocycles. The van der Waals surface area contributed by atoms with E-state index in [-0.39, 0.29) is 180 Å². The Kier molecular flexibility index (Phi) is 28.0. The van der Waals surface area contributed by atoms with Crippen molar-refractivity contribution in [3.05, 3.63) is 349 Å². The zero-order chi connectivity index (χ0) is 70.7. The summed E-state index contributed by atoms with van der Waals surface area (Å²) in [5.41, 5.74) is 14.6. The number of rotatable bonds is 19. The summed E-state index contributed by atoms with van der Waals surface area (Å²) in [7, 11) is 0. The Labute approximate surface area is 695 Å². The minimum absolute atomic E-state index is 0. The van der Waals surface area contributed by atoms with Gasteiger partial charge in [0.1, 0.15) is 0 Å². The molecule has 14 aromatic rings. The van der Waals surface area contributed by atoms with Crippen molar-refractivity contribution in [2.45, 2.75) is 0 Å². The van der Waals surface area contributed by atoms with Crippen LogP contribution in [0.4, 0.5) is 0 Å². The van der Waals surface area contributed by atoms with Gasteiger partial charge in [-0.1, -0.05) is 279 Å². The van der Waals surface area contributed by atoms with Crippen LogP contribution in [0.1, 0.15) is 62.1 Å². The van der Waals surface area contributed by atoms with E-state index in [1.54, 1.807) is 60.7 Å². The normalized spacial score (nSPS) is 10.4. The first-order valence-corrected chi connectivity index (χ1v) is 32.4. The summed E-state index contributed by atoms with van der Waals surface area (Å²) in [4.78, 5) is 76.3. The Morgan fingerprint density at radius 1 is 0.139 bits per heavy atom. The predicted octanol–water partition coefficient (Wildman–Crippen LogP) is -4.44. The van der Waals surface area contributed by atoms with Gasteiger partial charge in [0.15, 0.2) is 0 Å². The Hall–Kier alpha value is -10.5. The van der Waals surface area contributed by atoms with Crippen molar-refractivity contribution in [3.8, 4) is 145 Å². The molecule has 0 aliphatic rings. The third kappa shape index (κ3) is 17.7. The van der Waals surface area contributed by atoms with E-state index in [2.05, 4.69) is 0 Å². The molecule has 0 atom stereocenters. The Balaban J connectivity index is 0.00000245. The zero-order valence-electron chi connectivity index (χ0n) is 59.9. The fraction of sp³-hybridized carbons (Fsp3) is 0. The largest absolute Gasteiger partial charge is 1.00 e. The molecule has 0 aliphatic heterocycles. The van der Waals surface area contributed by atoms with Crippen LogP contribution in [-0.2, 0) is 0 Å². The van der Waals surface area contributed by atoms with E-state index in [9.17, 15) is 59.4 Å². The summed E-state index contributed by atoms with van der Waals surface area (Å²) in [5, 5.41) is 76.3. The molecule has 14 rings (SSSR count). The molecule has 490 valence electrons. The van der Waals surface area contributed by atoms with E-state index in [1.807, 2.05) is 206 Å². The second-order valence-corrected chi connectivity index (χ2v) is 24.5. The monoisotopic (exact) mass is 1370 g/mol. The third-order valence-corrected chi connectivity index (χ3v) is 18.5. The van der Waals surface area contributed by atoms with Crippen LogP contribution in [0.25, 0.3) is 145 Å². The molecule has 108 heavy (non-hydrogen) atoms. The standard InChI is InChI=1S/C90H58O12.6Li/c91-85(92)79-47-67(61-23-11-55(12-24-61)53-7-3-1-4-8-53)35-41-73(79)75-43-37-69(49-81(75)87(95)96)63-27-15-57(16-28-63)59-19-31-65(32-20-59)71-39-45-77(83(51-71)89(99)100)78-46-40-72(52-84(78)90(101)102)66-33-21-60(22-34-66)58-17-29-64(30-18-58)70-38-44-76(82(50-70)88(97)98)74-42-36-68(48-80(74)86(93)94)62-25-13-56(14-26-62)54-9-5-2-6-10-54;;;;;;/h1-52H,(H,91,92)(H,93,94)(H,95,96)(H,97,98)(H,99,100)(H,101,102);;;;;;/q;6*+1/p-6. The van der Waals surface area contributed by atoms with Crippen molar-refractivity contribution in [2.75, 3.05) is 0 Å². The molecule has 0 saturated carbocycles. The number of carbonyl (C=O) groups is 6. The Morgan fingerprint density at radius 3 is 0.361 bits per heavy atom. The summed E-state index contributed by atoms with van der Waals surface area (Å²) >= 11 is 0. The van der Waals surface area contributed by atoms with E-state index >= 15 is 0 Å². The maximum Gasteiger partial charge on any atom is 1.00 e. The van der Waals surface area contributed by atoms with E-state index in [1.165, 1.54) is 48.5 Å². The van der Waals surface area contributed by atoms with Crippen molar-refractivity contribution < 1.29 is 173 Å². The first-order valence-electron chi connectivity index (χ1n) is 32.4. The number of hydrogen-bond acceptors (Lipinski definition) is 12. The van der Waals surface area contributed by atoms with Crippen LogP contribution in [0, 0.1) is 0 Å². The number of carbonyl (C=O) groups excluding carboxylic acids is 6. The maximum absolute atomic E-state index is 12.9. The number of aromatic carboxylic acids is 6. The molecule has 0 saturated heterocycles. The molecule has 18 heteroatoms. The van der Waals surface area contributed by atoms with Gasteiger partial charge in [-0.2, -0.15) is 0 Å². The van der Waals surface area contributed by atoms with Gasteiger partial charge in [-0.25, -0.2) is 0 Å². The molecule has 0 heterocycles. The first kappa shape index (κ1) is 83.1. The Morgan fingerprint density at radius 2 is 0.241 bits per heavy atom. The quantitative estimate of drug-likeness (QED) is 0.0698. The van der Waals surface area contributed by atoms with Crippen molar-refractivity contribution >= 4 is 35.8 Å². The summed E-state index contributed by atoms with van der Waals surface area (Å²) in [6.07, 6.45) is 0. The zero-order valence-corrected chi connectivity index (χ0v) is 59.9. The van der Waals surface area contributed by atoms with Gasteiger partial charge < -0.3 is 59.4 Å². The number of carboxylic acids is 6. The van der Waals surface area contributed by atoms with Crippen LogP contribution >= 0.6 is 0 Å². The SMILES string of the molecule is O=C([O-])c1cc(-c2ccc(-c3ccccc3)cc2)ccc1-c1ccc(-c2ccc(-c3ccc(-c4ccc(-c5ccc(-c6ccc(-c7ccc(-c8ccc(-c9ccc(-c%10ccc(-c%11ccccc%11)cc%10)cc9C(=O)[O-])c(C(=O)[O-])c8)cc7)cc6)cc5C(=O)[O-])c(C(=O)[O-])c4)cc3)cc2)cc1C(=O)[O-].[Li+].[Li+].[Li+].[Li+].[Li+].[Li+]. The predicted molar refractivity (Wildman–Crippen MR) is 383 cm³/mol. The number of hydrogen-bond donors (Lipinski definition) is 0. The van der Waals surface area contributed by atoms with Gasteiger partial charge in [0, 0.05) is 33.4 Å². The van der Waals surface area contributed by atoms with Crippen LogP contribution in [-0.4, -0.2) is 35.8 Å². The minimum Gasteiger partial charge on any atom is -0.545 e. The van der Waals surface area contributed by atoms with E-state index in [0.29, 0.717) is 55.6 Å². The Bertz CT molecular complexity index is 5310.